The highest BCUT2D eigenvalue weighted by molar-refractivity contribution is 5.70. The summed E-state index contributed by atoms with van der Waals surface area (Å²) in [5.74, 6) is -2.59. The number of benzene rings is 1. The quantitative estimate of drug-likeness (QED) is 0.442. The van der Waals surface area contributed by atoms with Crippen molar-refractivity contribution in [2.75, 3.05) is 6.61 Å². The molecule has 0 spiro atoms. The topological polar surface area (TPSA) is 118 Å². The summed E-state index contributed by atoms with van der Waals surface area (Å²) in [7, 11) is 0. The summed E-state index contributed by atoms with van der Waals surface area (Å²) in [6.45, 7) is 8.71. The van der Waals surface area contributed by atoms with Gasteiger partial charge in [-0.15, -0.1) is 0 Å². The Balaban J connectivity index is 2.33. The molecule has 0 bridgehead atoms. The Morgan fingerprint density at radius 2 is 1.32 bits per heavy atom. The standard InChI is InChI=1S/C24H31NO9/c1-13(2)25-22-20(32-15(4)27)19(31-14(3)26)21(33-16(5)28)23(34-17(6)29)24(22,12-30-25)18-10-8-7-9-11-18/h7-11,13,19-23H,12H2,1-6H3/t19-,20-,21-,22-,23+,24+/m1/s1. The highest BCUT2D eigenvalue weighted by atomic mass is 16.7. The van der Waals surface area contributed by atoms with Gasteiger partial charge in [0.15, 0.2) is 24.4 Å². The van der Waals surface area contributed by atoms with Crippen LogP contribution in [0, 0.1) is 0 Å². The monoisotopic (exact) mass is 477 g/mol. The second kappa shape index (κ2) is 10.1. The zero-order valence-corrected chi connectivity index (χ0v) is 20.2. The number of hydroxylamine groups is 2. The summed E-state index contributed by atoms with van der Waals surface area (Å²) in [5, 5.41) is 1.66. The van der Waals surface area contributed by atoms with Crippen LogP contribution in [0.5, 0.6) is 0 Å². The molecule has 1 aliphatic heterocycles. The van der Waals surface area contributed by atoms with Gasteiger partial charge in [0.1, 0.15) is 0 Å². The van der Waals surface area contributed by atoms with Crippen molar-refractivity contribution in [2.45, 2.75) is 83.5 Å². The van der Waals surface area contributed by atoms with E-state index in [1.807, 2.05) is 44.2 Å². The van der Waals surface area contributed by atoms with Gasteiger partial charge < -0.3 is 18.9 Å². The molecule has 0 unspecified atom stereocenters. The number of hydrogen-bond acceptors (Lipinski definition) is 10. The van der Waals surface area contributed by atoms with Crippen molar-refractivity contribution in [1.29, 1.82) is 0 Å². The van der Waals surface area contributed by atoms with Crippen molar-refractivity contribution < 1.29 is 43.0 Å². The van der Waals surface area contributed by atoms with E-state index in [9.17, 15) is 19.2 Å². The lowest BCUT2D eigenvalue weighted by Gasteiger charge is -2.53. The van der Waals surface area contributed by atoms with E-state index in [1.54, 1.807) is 5.06 Å². The molecule has 1 heterocycles. The number of rotatable bonds is 6. The van der Waals surface area contributed by atoms with Crippen LogP contribution in [0.3, 0.4) is 0 Å². The minimum absolute atomic E-state index is 0.0418. The first-order valence-electron chi connectivity index (χ1n) is 11.1. The fourth-order valence-corrected chi connectivity index (χ4v) is 5.05. The highest BCUT2D eigenvalue weighted by Gasteiger charge is 2.70. The van der Waals surface area contributed by atoms with E-state index in [0.29, 0.717) is 0 Å². The Bertz CT molecular complexity index is 934. The van der Waals surface area contributed by atoms with Gasteiger partial charge in [0, 0.05) is 33.7 Å². The van der Waals surface area contributed by atoms with Gasteiger partial charge in [-0.25, -0.2) is 0 Å². The van der Waals surface area contributed by atoms with E-state index in [1.165, 1.54) is 27.7 Å². The van der Waals surface area contributed by atoms with Gasteiger partial charge in [-0.1, -0.05) is 30.3 Å². The summed E-state index contributed by atoms with van der Waals surface area (Å²) >= 11 is 0. The predicted octanol–water partition coefficient (Wildman–Crippen LogP) is 1.69. The molecule has 0 N–H and O–H groups in total. The van der Waals surface area contributed by atoms with Gasteiger partial charge in [0.2, 0.25) is 0 Å². The second-order valence-corrected chi connectivity index (χ2v) is 8.83. The molecule has 34 heavy (non-hydrogen) atoms. The Labute approximate surface area is 198 Å². The first-order chi connectivity index (χ1) is 16.0. The highest BCUT2D eigenvalue weighted by Crippen LogP contribution is 2.51. The number of esters is 4. The van der Waals surface area contributed by atoms with Gasteiger partial charge in [-0.2, -0.15) is 5.06 Å². The van der Waals surface area contributed by atoms with Crippen molar-refractivity contribution in [3.63, 3.8) is 0 Å². The molecule has 0 radical (unpaired) electrons. The third-order valence-electron chi connectivity index (χ3n) is 6.04. The van der Waals surface area contributed by atoms with Gasteiger partial charge in [0.25, 0.3) is 0 Å². The number of ether oxygens (including phenoxy) is 4. The number of hydrogen-bond donors (Lipinski definition) is 0. The molecule has 1 saturated heterocycles. The van der Waals surface area contributed by atoms with E-state index >= 15 is 0 Å². The van der Waals surface area contributed by atoms with Crippen molar-refractivity contribution in [3.8, 4) is 0 Å². The smallest absolute Gasteiger partial charge is 0.303 e. The van der Waals surface area contributed by atoms with Crippen LogP contribution in [0.2, 0.25) is 0 Å². The number of carbonyl (C=O) groups excluding carboxylic acids is 4. The lowest BCUT2D eigenvalue weighted by molar-refractivity contribution is -0.241. The Morgan fingerprint density at radius 1 is 0.824 bits per heavy atom. The van der Waals surface area contributed by atoms with Crippen molar-refractivity contribution in [1.82, 2.24) is 5.06 Å². The third-order valence-corrected chi connectivity index (χ3v) is 6.04. The zero-order valence-electron chi connectivity index (χ0n) is 20.2. The van der Waals surface area contributed by atoms with Gasteiger partial charge in [-0.3, -0.25) is 24.0 Å². The largest absolute Gasteiger partial charge is 0.457 e. The minimum atomic E-state index is -1.26. The number of nitrogens with zero attached hydrogens (tertiary/aromatic N) is 1. The summed E-state index contributed by atoms with van der Waals surface area (Å²) in [5.41, 5.74) is -0.390. The molecule has 1 aliphatic carbocycles. The molecular weight excluding hydrogens is 446 g/mol. The van der Waals surface area contributed by atoms with Crippen LogP contribution in [0.4, 0.5) is 0 Å². The molecular formula is C24H31NO9. The Kier molecular flexibility index (Phi) is 7.62. The number of carbonyl (C=O) groups is 4. The third kappa shape index (κ3) is 4.78. The van der Waals surface area contributed by atoms with Crippen LogP contribution in [0.1, 0.15) is 47.1 Å². The molecule has 10 heteroatoms. The molecule has 0 amide bonds. The molecule has 1 aromatic carbocycles. The first kappa shape index (κ1) is 25.6. The van der Waals surface area contributed by atoms with Gasteiger partial charge in [0.05, 0.1) is 18.1 Å². The van der Waals surface area contributed by atoms with E-state index < -0.39 is 59.7 Å². The molecule has 186 valence electrons. The Morgan fingerprint density at radius 3 is 1.82 bits per heavy atom. The molecule has 10 nitrogen and oxygen atoms in total. The second-order valence-electron chi connectivity index (χ2n) is 8.83. The lowest BCUT2D eigenvalue weighted by atomic mass is 9.61. The Hall–Kier alpha value is -2.98. The molecule has 2 aliphatic rings. The maximum atomic E-state index is 12.3. The van der Waals surface area contributed by atoms with E-state index in [0.717, 1.165) is 5.56 Å². The van der Waals surface area contributed by atoms with Crippen LogP contribution in [0.15, 0.2) is 30.3 Å². The fourth-order valence-electron chi connectivity index (χ4n) is 5.05. The van der Waals surface area contributed by atoms with E-state index in [2.05, 4.69) is 0 Å². The van der Waals surface area contributed by atoms with E-state index in [4.69, 9.17) is 23.8 Å². The van der Waals surface area contributed by atoms with Gasteiger partial charge >= 0.3 is 23.9 Å². The summed E-state index contributed by atoms with van der Waals surface area (Å²) in [6.07, 6.45) is -4.72. The van der Waals surface area contributed by atoms with Crippen molar-refractivity contribution >= 4 is 23.9 Å². The lowest BCUT2D eigenvalue weighted by Crippen LogP contribution is -2.73. The molecule has 6 atom stereocenters. The van der Waals surface area contributed by atoms with Crippen LogP contribution in [-0.2, 0) is 48.4 Å². The van der Waals surface area contributed by atoms with E-state index in [-0.39, 0.29) is 12.6 Å². The zero-order chi connectivity index (χ0) is 25.2. The average Bonchev–Trinajstić information content (AvgIpc) is 3.14. The summed E-state index contributed by atoms with van der Waals surface area (Å²) in [4.78, 5) is 54.9. The molecule has 1 aromatic rings. The summed E-state index contributed by atoms with van der Waals surface area (Å²) in [6, 6.07) is 8.25. The van der Waals surface area contributed by atoms with Crippen LogP contribution >= 0.6 is 0 Å². The first-order valence-corrected chi connectivity index (χ1v) is 11.1. The normalized spacial score (nSPS) is 30.9. The van der Waals surface area contributed by atoms with Crippen LogP contribution < -0.4 is 0 Å². The summed E-state index contributed by atoms with van der Waals surface area (Å²) < 4.78 is 22.8. The van der Waals surface area contributed by atoms with Crippen molar-refractivity contribution in [2.24, 2.45) is 0 Å². The predicted molar refractivity (Wildman–Crippen MR) is 117 cm³/mol. The molecule has 2 fully saturated rings. The maximum absolute atomic E-state index is 12.3. The fraction of sp³-hybridized carbons (Fsp3) is 0.583. The van der Waals surface area contributed by atoms with Crippen molar-refractivity contribution in [3.05, 3.63) is 35.9 Å². The SMILES string of the molecule is CC(=O)O[C@H]1[C@@H](OC(C)=O)[C@H](OC(C)=O)[C@]2(c3ccccc3)CON(C(C)C)[C@@H]2[C@@H]1OC(C)=O. The van der Waals surface area contributed by atoms with Crippen LogP contribution in [0.25, 0.3) is 0 Å². The molecule has 3 rings (SSSR count). The van der Waals surface area contributed by atoms with Gasteiger partial charge in [-0.05, 0) is 19.4 Å². The molecule has 1 saturated carbocycles. The number of fused-ring (bicyclic) bond motifs is 1. The average molecular weight is 478 g/mol. The minimum Gasteiger partial charge on any atom is -0.457 e. The molecule has 0 aromatic heterocycles. The maximum Gasteiger partial charge on any atom is 0.303 e. The van der Waals surface area contributed by atoms with Crippen LogP contribution in [-0.4, -0.2) is 72.0 Å².